The van der Waals surface area contributed by atoms with Gasteiger partial charge in [-0.15, -0.1) is 24.0 Å². The van der Waals surface area contributed by atoms with Crippen LogP contribution in [0, 0.1) is 5.82 Å². The van der Waals surface area contributed by atoms with Gasteiger partial charge in [-0.05, 0) is 50.6 Å². The van der Waals surface area contributed by atoms with Crippen molar-refractivity contribution in [2.24, 2.45) is 4.99 Å². The Kier molecular flexibility index (Phi) is 10.2. The van der Waals surface area contributed by atoms with Gasteiger partial charge in [-0.2, -0.15) is 0 Å². The number of benzene rings is 1. The third-order valence-corrected chi connectivity index (χ3v) is 3.85. The normalized spacial score (nSPS) is 15.8. The number of hydrogen-bond donors (Lipinski definition) is 2. The number of piperidine rings is 1. The summed E-state index contributed by atoms with van der Waals surface area (Å²) in [6, 6.07) is 6.50. The lowest BCUT2D eigenvalue weighted by Crippen LogP contribution is -2.42. The highest BCUT2D eigenvalue weighted by atomic mass is 127. The van der Waals surface area contributed by atoms with Crippen LogP contribution in [0.2, 0.25) is 0 Å². The fourth-order valence-electron chi connectivity index (χ4n) is 2.62. The first kappa shape index (κ1) is 20.2. The summed E-state index contributed by atoms with van der Waals surface area (Å²) < 4.78 is 12.9. The van der Waals surface area contributed by atoms with E-state index in [1.54, 1.807) is 12.1 Å². The molecule has 2 N–H and O–H groups in total. The number of rotatable bonds is 6. The smallest absolute Gasteiger partial charge is 0.191 e. The Bertz CT molecular complexity index is 458. The molecule has 2 rings (SSSR count). The molecule has 130 valence electrons. The molecule has 0 spiro atoms. The van der Waals surface area contributed by atoms with Crippen molar-refractivity contribution in [2.75, 3.05) is 32.7 Å². The Morgan fingerprint density at radius 1 is 1.13 bits per heavy atom. The predicted octanol–water partition coefficient (Wildman–Crippen LogP) is 2.98. The highest BCUT2D eigenvalue weighted by Gasteiger charge is 2.09. The van der Waals surface area contributed by atoms with Crippen LogP contribution in [-0.2, 0) is 6.54 Å². The second-order valence-corrected chi connectivity index (χ2v) is 5.65. The topological polar surface area (TPSA) is 39.7 Å². The largest absolute Gasteiger partial charge is 0.357 e. The van der Waals surface area contributed by atoms with Crippen molar-refractivity contribution in [3.8, 4) is 0 Å². The average molecular weight is 434 g/mol. The molecule has 0 bridgehead atoms. The Morgan fingerprint density at radius 3 is 2.48 bits per heavy atom. The number of nitrogens with one attached hydrogen (secondary N) is 2. The average Bonchev–Trinajstić information content (AvgIpc) is 2.55. The molecule has 1 fully saturated rings. The van der Waals surface area contributed by atoms with Crippen molar-refractivity contribution < 1.29 is 4.39 Å². The van der Waals surface area contributed by atoms with Crippen LogP contribution in [0.1, 0.15) is 31.7 Å². The minimum absolute atomic E-state index is 0. The van der Waals surface area contributed by atoms with E-state index >= 15 is 0 Å². The van der Waals surface area contributed by atoms with E-state index in [1.807, 2.05) is 0 Å². The monoisotopic (exact) mass is 434 g/mol. The Balaban J connectivity index is 0.00000264. The lowest BCUT2D eigenvalue weighted by molar-refractivity contribution is 0.232. The summed E-state index contributed by atoms with van der Waals surface area (Å²) in [6.45, 7) is 7.82. The highest BCUT2D eigenvalue weighted by molar-refractivity contribution is 14.0. The number of guanidine groups is 1. The van der Waals surface area contributed by atoms with E-state index in [0.29, 0.717) is 6.54 Å². The van der Waals surface area contributed by atoms with Crippen LogP contribution in [0.3, 0.4) is 0 Å². The quantitative estimate of drug-likeness (QED) is 0.411. The summed E-state index contributed by atoms with van der Waals surface area (Å²) in [5, 5.41) is 6.62. The van der Waals surface area contributed by atoms with Crippen molar-refractivity contribution in [1.29, 1.82) is 0 Å². The molecular formula is C17H28FIN4. The minimum Gasteiger partial charge on any atom is -0.357 e. The van der Waals surface area contributed by atoms with Crippen molar-refractivity contribution in [2.45, 2.75) is 32.7 Å². The summed E-state index contributed by atoms with van der Waals surface area (Å²) in [5.41, 5.74) is 1.01. The van der Waals surface area contributed by atoms with E-state index in [0.717, 1.165) is 31.2 Å². The number of hydrogen-bond acceptors (Lipinski definition) is 2. The zero-order chi connectivity index (χ0) is 15.6. The first-order valence-electron chi connectivity index (χ1n) is 8.27. The van der Waals surface area contributed by atoms with Gasteiger partial charge in [0.05, 0.1) is 6.54 Å². The van der Waals surface area contributed by atoms with Crippen molar-refractivity contribution in [3.63, 3.8) is 0 Å². The van der Waals surface area contributed by atoms with Crippen LogP contribution in [0.15, 0.2) is 29.3 Å². The summed E-state index contributed by atoms with van der Waals surface area (Å²) >= 11 is 0. The molecule has 6 heteroatoms. The molecule has 1 aromatic carbocycles. The number of likely N-dealkylation sites (tertiary alicyclic amines) is 1. The van der Waals surface area contributed by atoms with Crippen LogP contribution in [-0.4, -0.2) is 43.6 Å². The van der Waals surface area contributed by atoms with Crippen molar-refractivity contribution in [3.05, 3.63) is 35.6 Å². The van der Waals surface area contributed by atoms with Crippen LogP contribution in [0.5, 0.6) is 0 Å². The molecule has 1 aliphatic rings. The molecule has 0 amide bonds. The van der Waals surface area contributed by atoms with Crippen molar-refractivity contribution >= 4 is 29.9 Å². The van der Waals surface area contributed by atoms with Gasteiger partial charge in [0.2, 0.25) is 0 Å². The summed E-state index contributed by atoms with van der Waals surface area (Å²) in [7, 11) is 0. The van der Waals surface area contributed by atoms with Gasteiger partial charge < -0.3 is 15.5 Å². The van der Waals surface area contributed by atoms with Gasteiger partial charge in [0.15, 0.2) is 5.96 Å². The zero-order valence-corrected chi connectivity index (χ0v) is 16.2. The Morgan fingerprint density at radius 2 is 1.83 bits per heavy atom. The molecule has 23 heavy (non-hydrogen) atoms. The molecule has 0 aliphatic carbocycles. The molecule has 4 nitrogen and oxygen atoms in total. The number of nitrogens with zero attached hydrogens (tertiary/aromatic N) is 2. The molecule has 0 unspecified atom stereocenters. The SMILES string of the molecule is CCNC(=NCc1ccc(F)cc1)NCCN1CCCCC1.I. The Hall–Kier alpha value is -0.890. The van der Waals surface area contributed by atoms with Crippen LogP contribution in [0.25, 0.3) is 0 Å². The molecule has 0 radical (unpaired) electrons. The fraction of sp³-hybridized carbons (Fsp3) is 0.588. The second kappa shape index (κ2) is 11.6. The summed E-state index contributed by atoms with van der Waals surface area (Å²) in [4.78, 5) is 7.05. The standard InChI is InChI=1S/C17H27FN4.HI/c1-2-19-17(20-10-13-22-11-4-3-5-12-22)21-14-15-6-8-16(18)9-7-15;/h6-9H,2-5,10-14H2,1H3,(H2,19,20,21);1H. The molecule has 1 heterocycles. The van der Waals surface area contributed by atoms with Crippen LogP contribution in [0.4, 0.5) is 4.39 Å². The maximum atomic E-state index is 12.9. The van der Waals surface area contributed by atoms with Gasteiger partial charge >= 0.3 is 0 Å². The minimum atomic E-state index is -0.209. The van der Waals surface area contributed by atoms with E-state index in [9.17, 15) is 4.39 Å². The first-order valence-corrected chi connectivity index (χ1v) is 8.27. The fourth-order valence-corrected chi connectivity index (χ4v) is 2.62. The molecular weight excluding hydrogens is 406 g/mol. The number of aliphatic imine (C=N–C) groups is 1. The summed E-state index contributed by atoms with van der Waals surface area (Å²) in [6.07, 6.45) is 4.00. The molecule has 1 saturated heterocycles. The molecule has 0 atom stereocenters. The van der Waals surface area contributed by atoms with E-state index in [2.05, 4.69) is 27.4 Å². The molecule has 1 aliphatic heterocycles. The van der Waals surface area contributed by atoms with E-state index < -0.39 is 0 Å². The van der Waals surface area contributed by atoms with Gasteiger partial charge in [-0.25, -0.2) is 9.38 Å². The maximum absolute atomic E-state index is 12.9. The summed E-state index contributed by atoms with van der Waals surface area (Å²) in [5.74, 6) is 0.614. The van der Waals surface area contributed by atoms with Gasteiger partial charge in [0.25, 0.3) is 0 Å². The lowest BCUT2D eigenvalue weighted by atomic mass is 10.1. The molecule has 0 saturated carbocycles. The van der Waals surface area contributed by atoms with Gasteiger partial charge in [0.1, 0.15) is 5.82 Å². The third-order valence-electron chi connectivity index (χ3n) is 3.85. The van der Waals surface area contributed by atoms with E-state index in [1.165, 1.54) is 44.5 Å². The predicted molar refractivity (Wildman–Crippen MR) is 105 cm³/mol. The van der Waals surface area contributed by atoms with Gasteiger partial charge in [0, 0.05) is 19.6 Å². The van der Waals surface area contributed by atoms with Crippen LogP contribution < -0.4 is 10.6 Å². The van der Waals surface area contributed by atoms with Gasteiger partial charge in [-0.1, -0.05) is 18.6 Å². The van der Waals surface area contributed by atoms with Crippen molar-refractivity contribution in [1.82, 2.24) is 15.5 Å². The molecule has 0 aromatic heterocycles. The van der Waals surface area contributed by atoms with E-state index in [4.69, 9.17) is 0 Å². The number of halogens is 2. The third kappa shape index (κ3) is 7.97. The lowest BCUT2D eigenvalue weighted by Gasteiger charge is -2.26. The highest BCUT2D eigenvalue weighted by Crippen LogP contribution is 2.07. The Labute approximate surface area is 156 Å². The van der Waals surface area contributed by atoms with Crippen LogP contribution >= 0.6 is 24.0 Å². The molecule has 1 aromatic rings. The second-order valence-electron chi connectivity index (χ2n) is 5.65. The van der Waals surface area contributed by atoms with Gasteiger partial charge in [-0.3, -0.25) is 0 Å². The first-order chi connectivity index (χ1) is 10.8. The zero-order valence-electron chi connectivity index (χ0n) is 13.9. The van der Waals surface area contributed by atoms with E-state index in [-0.39, 0.29) is 29.8 Å². The maximum Gasteiger partial charge on any atom is 0.191 e.